The first-order valence-electron chi connectivity index (χ1n) is 20.5. The van der Waals surface area contributed by atoms with E-state index in [9.17, 15) is 19.0 Å². The van der Waals surface area contributed by atoms with E-state index in [1.807, 2.05) is 0 Å². The number of phosphoric ester groups is 1. The van der Waals surface area contributed by atoms with Crippen LogP contribution in [0.1, 0.15) is 181 Å². The first kappa shape index (κ1) is 49.2. The monoisotopic (exact) mass is 742 g/mol. The summed E-state index contributed by atoms with van der Waals surface area (Å²) in [5.74, 6) is -0.845. The van der Waals surface area contributed by atoms with E-state index in [1.54, 1.807) is 0 Å². The van der Waals surface area contributed by atoms with Crippen molar-refractivity contribution in [2.24, 2.45) is 5.73 Å². The summed E-state index contributed by atoms with van der Waals surface area (Å²) in [4.78, 5) is 34.7. The normalized spacial score (nSPS) is 13.7. The van der Waals surface area contributed by atoms with E-state index < -0.39 is 32.5 Å². The highest BCUT2D eigenvalue weighted by atomic mass is 31.2. The van der Waals surface area contributed by atoms with Crippen molar-refractivity contribution in [2.75, 3.05) is 26.4 Å². The van der Waals surface area contributed by atoms with Gasteiger partial charge in [-0.15, -0.1) is 0 Å². The van der Waals surface area contributed by atoms with Gasteiger partial charge in [0, 0.05) is 19.4 Å². The molecule has 0 spiro atoms. The summed E-state index contributed by atoms with van der Waals surface area (Å²) in [6, 6.07) is 0. The fourth-order valence-electron chi connectivity index (χ4n) is 5.41. The Morgan fingerprint density at radius 2 is 1.04 bits per heavy atom. The minimum atomic E-state index is -4.37. The Labute approximate surface area is 312 Å². The zero-order valence-corrected chi connectivity index (χ0v) is 33.5. The van der Waals surface area contributed by atoms with Gasteiger partial charge in [-0.3, -0.25) is 18.6 Å². The third-order valence-corrected chi connectivity index (χ3v) is 9.48. The third-order valence-electron chi connectivity index (χ3n) is 8.50. The highest BCUT2D eigenvalue weighted by Crippen LogP contribution is 2.43. The first-order valence-corrected chi connectivity index (χ1v) is 22.0. The predicted octanol–water partition coefficient (Wildman–Crippen LogP) is 11.4. The van der Waals surface area contributed by atoms with Gasteiger partial charge >= 0.3 is 19.8 Å². The standard InChI is InChI=1S/C41H76NO8P/c1-3-5-7-9-11-13-15-16-17-18-19-20-21-22-24-26-28-30-32-34-41(44)50-39(38-49-51(45,46)48-36-35-42)37-47-40(43)33-31-29-27-25-23-14-12-10-8-6-4-2/h10-13,16-17,39H,3-9,14-15,18-38,42H2,1-2H3,(H,45,46)/t39-/m1/s1. The molecule has 0 aliphatic heterocycles. The summed E-state index contributed by atoms with van der Waals surface area (Å²) in [7, 11) is -4.37. The summed E-state index contributed by atoms with van der Waals surface area (Å²) in [6.07, 6.45) is 40.3. The lowest BCUT2D eigenvalue weighted by Gasteiger charge is -2.19. The van der Waals surface area contributed by atoms with E-state index in [0.29, 0.717) is 6.42 Å². The van der Waals surface area contributed by atoms with Gasteiger partial charge in [0.05, 0.1) is 13.2 Å². The Bertz CT molecular complexity index is 939. The number of esters is 2. The van der Waals surface area contributed by atoms with Gasteiger partial charge in [0.15, 0.2) is 6.10 Å². The topological polar surface area (TPSA) is 134 Å². The van der Waals surface area contributed by atoms with Gasteiger partial charge in [-0.05, 0) is 64.2 Å². The molecule has 0 aromatic heterocycles. The van der Waals surface area contributed by atoms with Crippen molar-refractivity contribution in [3.05, 3.63) is 36.5 Å². The Morgan fingerprint density at radius 1 is 0.588 bits per heavy atom. The lowest BCUT2D eigenvalue weighted by atomic mass is 10.1. The van der Waals surface area contributed by atoms with Crippen LogP contribution in [0.25, 0.3) is 0 Å². The number of allylic oxidation sites excluding steroid dienone is 6. The molecule has 51 heavy (non-hydrogen) atoms. The van der Waals surface area contributed by atoms with E-state index >= 15 is 0 Å². The van der Waals surface area contributed by atoms with E-state index in [1.165, 1.54) is 70.6 Å². The molecule has 0 aliphatic carbocycles. The molecule has 1 unspecified atom stereocenters. The molecular formula is C41H76NO8P. The highest BCUT2D eigenvalue weighted by molar-refractivity contribution is 7.47. The fraction of sp³-hybridized carbons (Fsp3) is 0.805. The maximum Gasteiger partial charge on any atom is 0.472 e. The number of hydrogen-bond acceptors (Lipinski definition) is 8. The second-order valence-corrected chi connectivity index (χ2v) is 14.9. The lowest BCUT2D eigenvalue weighted by Crippen LogP contribution is -2.29. The number of rotatable bonds is 38. The largest absolute Gasteiger partial charge is 0.472 e. The molecule has 0 saturated heterocycles. The zero-order valence-electron chi connectivity index (χ0n) is 32.6. The number of carbonyl (C=O) groups excluding carboxylic acids is 2. The van der Waals surface area contributed by atoms with E-state index in [4.69, 9.17) is 24.3 Å². The van der Waals surface area contributed by atoms with Gasteiger partial charge < -0.3 is 20.1 Å². The van der Waals surface area contributed by atoms with Crippen LogP contribution < -0.4 is 5.73 Å². The maximum atomic E-state index is 12.6. The van der Waals surface area contributed by atoms with Crippen molar-refractivity contribution in [1.82, 2.24) is 0 Å². The molecule has 0 aliphatic rings. The van der Waals surface area contributed by atoms with Gasteiger partial charge in [-0.25, -0.2) is 4.57 Å². The Balaban J connectivity index is 4.16. The van der Waals surface area contributed by atoms with Crippen LogP contribution in [0.4, 0.5) is 0 Å². The van der Waals surface area contributed by atoms with Crippen molar-refractivity contribution < 1.29 is 37.6 Å². The summed E-state index contributed by atoms with van der Waals surface area (Å²) in [5, 5.41) is 0. The smallest absolute Gasteiger partial charge is 0.462 e. The summed E-state index contributed by atoms with van der Waals surface area (Å²) < 4.78 is 32.7. The van der Waals surface area contributed by atoms with E-state index in [2.05, 4.69) is 50.3 Å². The van der Waals surface area contributed by atoms with E-state index in [-0.39, 0.29) is 32.6 Å². The molecule has 0 amide bonds. The van der Waals surface area contributed by atoms with Gasteiger partial charge in [0.2, 0.25) is 0 Å². The second kappa shape index (κ2) is 38.0. The molecule has 0 aromatic carbocycles. The molecule has 0 radical (unpaired) electrons. The average Bonchev–Trinajstić information content (AvgIpc) is 3.11. The van der Waals surface area contributed by atoms with E-state index in [0.717, 1.165) is 77.0 Å². The third kappa shape index (κ3) is 37.8. The van der Waals surface area contributed by atoms with Crippen LogP contribution >= 0.6 is 7.82 Å². The van der Waals surface area contributed by atoms with Crippen molar-refractivity contribution in [3.63, 3.8) is 0 Å². The second-order valence-electron chi connectivity index (χ2n) is 13.5. The minimum absolute atomic E-state index is 0.0512. The molecule has 10 heteroatoms. The first-order chi connectivity index (χ1) is 24.8. The average molecular weight is 742 g/mol. The van der Waals surface area contributed by atoms with Crippen molar-refractivity contribution >= 4 is 19.8 Å². The Hall–Kier alpha value is -1.77. The Morgan fingerprint density at radius 3 is 1.57 bits per heavy atom. The van der Waals surface area contributed by atoms with Crippen molar-refractivity contribution in [3.8, 4) is 0 Å². The molecule has 0 bridgehead atoms. The predicted molar refractivity (Wildman–Crippen MR) is 210 cm³/mol. The van der Waals surface area contributed by atoms with Crippen LogP contribution in [0.15, 0.2) is 36.5 Å². The van der Waals surface area contributed by atoms with Gasteiger partial charge in [0.1, 0.15) is 6.61 Å². The summed E-state index contributed by atoms with van der Waals surface area (Å²) in [6.45, 7) is 3.65. The van der Waals surface area contributed by atoms with Gasteiger partial charge in [0.25, 0.3) is 0 Å². The molecule has 0 heterocycles. The van der Waals surface area contributed by atoms with Crippen LogP contribution in [-0.2, 0) is 32.7 Å². The lowest BCUT2D eigenvalue weighted by molar-refractivity contribution is -0.161. The number of ether oxygens (including phenoxy) is 2. The number of carbonyl (C=O) groups is 2. The van der Waals surface area contributed by atoms with Crippen LogP contribution in [-0.4, -0.2) is 49.3 Å². The van der Waals surface area contributed by atoms with Crippen LogP contribution in [0.3, 0.4) is 0 Å². The fourth-order valence-corrected chi connectivity index (χ4v) is 6.17. The molecule has 9 nitrogen and oxygen atoms in total. The molecule has 0 rings (SSSR count). The summed E-state index contributed by atoms with van der Waals surface area (Å²) >= 11 is 0. The number of hydrogen-bond donors (Lipinski definition) is 2. The SMILES string of the molecule is CCCCC=CCCCCCCCC(=O)OC[C@H](COP(=O)(O)OCCN)OC(=O)CCCCCCCCCCCC=CCC=CCCCCC. The molecule has 0 saturated carbocycles. The number of phosphoric acid groups is 1. The number of nitrogens with two attached hydrogens (primary N) is 1. The van der Waals surface area contributed by atoms with Crippen LogP contribution in [0, 0.1) is 0 Å². The molecule has 298 valence electrons. The summed E-state index contributed by atoms with van der Waals surface area (Å²) in [5.41, 5.74) is 5.33. The molecule has 0 fully saturated rings. The maximum absolute atomic E-state index is 12.6. The molecule has 3 N–H and O–H groups in total. The zero-order chi connectivity index (χ0) is 37.5. The van der Waals surface area contributed by atoms with Crippen molar-refractivity contribution in [1.29, 1.82) is 0 Å². The van der Waals surface area contributed by atoms with Crippen molar-refractivity contribution in [2.45, 2.75) is 187 Å². The Kier molecular flexibility index (Phi) is 36.7. The molecular weight excluding hydrogens is 665 g/mol. The van der Waals surface area contributed by atoms with Gasteiger partial charge in [-0.2, -0.15) is 0 Å². The molecule has 2 atom stereocenters. The minimum Gasteiger partial charge on any atom is -0.462 e. The number of unbranched alkanes of at least 4 members (excludes halogenated alkanes) is 19. The van der Waals surface area contributed by atoms with Gasteiger partial charge in [-0.1, -0.05) is 140 Å². The quantitative estimate of drug-likeness (QED) is 0.0274. The molecule has 0 aromatic rings. The van der Waals surface area contributed by atoms with Crippen LogP contribution in [0.2, 0.25) is 0 Å². The highest BCUT2D eigenvalue weighted by Gasteiger charge is 2.26. The van der Waals surface area contributed by atoms with Crippen LogP contribution in [0.5, 0.6) is 0 Å².